The van der Waals surface area contributed by atoms with Crippen LogP contribution in [0.1, 0.15) is 24.4 Å². The molecule has 4 heteroatoms. The highest BCUT2D eigenvalue weighted by molar-refractivity contribution is 5.20. The van der Waals surface area contributed by atoms with Crippen molar-refractivity contribution >= 4 is 0 Å². The van der Waals surface area contributed by atoms with Gasteiger partial charge in [0.05, 0.1) is 0 Å². The van der Waals surface area contributed by atoms with E-state index in [9.17, 15) is 10.1 Å². The molecule has 0 unspecified atom stereocenters. The molecule has 1 saturated heterocycles. The molecule has 1 N–H and O–H groups in total. The van der Waals surface area contributed by atoms with Gasteiger partial charge in [-0.15, -0.1) is 0 Å². The average molecular weight is 206 g/mol. The molecule has 80 valence electrons. The fourth-order valence-electron chi connectivity index (χ4n) is 2.10. The Balaban J connectivity index is 2.22. The molecule has 2 rings (SSSR count). The van der Waals surface area contributed by atoms with Crippen LogP contribution in [0.15, 0.2) is 30.3 Å². The molecule has 15 heavy (non-hydrogen) atoms. The van der Waals surface area contributed by atoms with Crippen LogP contribution in [0.2, 0.25) is 0 Å². The van der Waals surface area contributed by atoms with E-state index in [1.165, 1.54) is 0 Å². The summed E-state index contributed by atoms with van der Waals surface area (Å²) in [5, 5.41) is 14.1. The van der Waals surface area contributed by atoms with Crippen LogP contribution < -0.4 is 5.32 Å². The molecule has 0 bridgehead atoms. The van der Waals surface area contributed by atoms with Crippen LogP contribution in [-0.4, -0.2) is 17.5 Å². The van der Waals surface area contributed by atoms with Crippen LogP contribution in [0.4, 0.5) is 0 Å². The van der Waals surface area contributed by atoms with Gasteiger partial charge in [0.1, 0.15) is 6.04 Å². The van der Waals surface area contributed by atoms with E-state index in [2.05, 4.69) is 5.32 Å². The molecule has 1 aromatic carbocycles. The average Bonchev–Trinajstić information content (AvgIpc) is 2.30. The summed E-state index contributed by atoms with van der Waals surface area (Å²) >= 11 is 0. The lowest BCUT2D eigenvalue weighted by Gasteiger charge is -2.26. The molecule has 0 aromatic heterocycles. The smallest absolute Gasteiger partial charge is 0.232 e. The van der Waals surface area contributed by atoms with Gasteiger partial charge in [-0.05, 0) is 18.5 Å². The zero-order valence-electron chi connectivity index (χ0n) is 8.43. The van der Waals surface area contributed by atoms with E-state index in [0.717, 1.165) is 18.5 Å². The topological polar surface area (TPSA) is 55.2 Å². The predicted molar refractivity (Wildman–Crippen MR) is 57.2 cm³/mol. The Morgan fingerprint density at radius 1 is 1.33 bits per heavy atom. The summed E-state index contributed by atoms with van der Waals surface area (Å²) in [5.74, 6) is 0. The van der Waals surface area contributed by atoms with E-state index in [1.54, 1.807) is 0 Å². The van der Waals surface area contributed by atoms with Gasteiger partial charge in [0.15, 0.2) is 0 Å². The van der Waals surface area contributed by atoms with E-state index < -0.39 is 6.04 Å². The van der Waals surface area contributed by atoms with Crippen molar-refractivity contribution in [2.45, 2.75) is 24.9 Å². The molecule has 1 aromatic rings. The van der Waals surface area contributed by atoms with Crippen molar-refractivity contribution in [2.75, 3.05) is 6.54 Å². The number of rotatable bonds is 2. The second-order valence-corrected chi connectivity index (χ2v) is 3.84. The van der Waals surface area contributed by atoms with Crippen molar-refractivity contribution in [1.29, 1.82) is 0 Å². The van der Waals surface area contributed by atoms with Gasteiger partial charge >= 0.3 is 0 Å². The van der Waals surface area contributed by atoms with Crippen LogP contribution >= 0.6 is 0 Å². The summed E-state index contributed by atoms with van der Waals surface area (Å²) in [5.41, 5.74) is 1.01. The lowest BCUT2D eigenvalue weighted by atomic mass is 9.93. The SMILES string of the molecule is O=[N+]([O-])[C@@H]1CCCN[C@@H]1c1ccccc1. The molecule has 1 fully saturated rings. The monoisotopic (exact) mass is 206 g/mol. The zero-order valence-corrected chi connectivity index (χ0v) is 8.43. The first kappa shape index (κ1) is 10.1. The minimum atomic E-state index is -0.485. The number of nitrogens with zero attached hydrogens (tertiary/aromatic N) is 1. The first-order valence-electron chi connectivity index (χ1n) is 5.21. The Kier molecular flexibility index (Phi) is 2.97. The van der Waals surface area contributed by atoms with Crippen molar-refractivity contribution in [3.8, 4) is 0 Å². The molecule has 0 amide bonds. The quantitative estimate of drug-likeness (QED) is 0.592. The minimum Gasteiger partial charge on any atom is -0.304 e. The third-order valence-electron chi connectivity index (χ3n) is 2.86. The number of benzene rings is 1. The third kappa shape index (κ3) is 2.15. The molecule has 1 aliphatic heterocycles. The molecule has 0 aliphatic carbocycles. The lowest BCUT2D eigenvalue weighted by Crippen LogP contribution is -2.41. The van der Waals surface area contributed by atoms with Gasteiger partial charge < -0.3 is 5.32 Å². The van der Waals surface area contributed by atoms with Crippen molar-refractivity contribution in [3.05, 3.63) is 46.0 Å². The standard InChI is InChI=1S/C11H14N2O2/c14-13(15)10-7-4-8-12-11(10)9-5-2-1-3-6-9/h1-3,5-6,10-12H,4,7-8H2/t10-,11-/m1/s1. The molecule has 1 heterocycles. The van der Waals surface area contributed by atoms with E-state index in [0.29, 0.717) is 6.42 Å². The number of piperidine rings is 1. The summed E-state index contributed by atoms with van der Waals surface area (Å²) in [4.78, 5) is 10.7. The van der Waals surface area contributed by atoms with Gasteiger partial charge in [-0.3, -0.25) is 10.1 Å². The van der Waals surface area contributed by atoms with Gasteiger partial charge in [-0.2, -0.15) is 0 Å². The molecule has 0 saturated carbocycles. The summed E-state index contributed by atoms with van der Waals surface area (Å²) in [6.45, 7) is 0.865. The summed E-state index contributed by atoms with van der Waals surface area (Å²) in [7, 11) is 0. The summed E-state index contributed by atoms with van der Waals surface area (Å²) in [6.07, 6.45) is 1.55. The maximum atomic E-state index is 10.9. The first-order valence-corrected chi connectivity index (χ1v) is 5.21. The Hall–Kier alpha value is -1.42. The van der Waals surface area contributed by atoms with Crippen LogP contribution in [0.5, 0.6) is 0 Å². The van der Waals surface area contributed by atoms with Gasteiger partial charge in [-0.25, -0.2) is 0 Å². The highest BCUT2D eigenvalue weighted by Gasteiger charge is 2.34. The van der Waals surface area contributed by atoms with Crippen LogP contribution in [-0.2, 0) is 0 Å². The summed E-state index contributed by atoms with van der Waals surface area (Å²) < 4.78 is 0. The fourth-order valence-corrected chi connectivity index (χ4v) is 2.10. The highest BCUT2D eigenvalue weighted by Crippen LogP contribution is 2.25. The van der Waals surface area contributed by atoms with E-state index in [-0.39, 0.29) is 11.0 Å². The highest BCUT2D eigenvalue weighted by atomic mass is 16.6. The van der Waals surface area contributed by atoms with Gasteiger partial charge in [0.2, 0.25) is 6.04 Å². The second kappa shape index (κ2) is 4.40. The van der Waals surface area contributed by atoms with Crippen molar-refractivity contribution < 1.29 is 4.92 Å². The Morgan fingerprint density at radius 2 is 2.07 bits per heavy atom. The third-order valence-corrected chi connectivity index (χ3v) is 2.86. The molecule has 2 atom stereocenters. The molecular weight excluding hydrogens is 192 g/mol. The van der Waals surface area contributed by atoms with Crippen LogP contribution in [0.25, 0.3) is 0 Å². The second-order valence-electron chi connectivity index (χ2n) is 3.84. The van der Waals surface area contributed by atoms with E-state index in [4.69, 9.17) is 0 Å². The Labute approximate surface area is 88.5 Å². The van der Waals surface area contributed by atoms with Crippen LogP contribution in [0.3, 0.4) is 0 Å². The predicted octanol–water partition coefficient (Wildman–Crippen LogP) is 1.76. The van der Waals surface area contributed by atoms with Crippen molar-refractivity contribution in [3.63, 3.8) is 0 Å². The van der Waals surface area contributed by atoms with Gasteiger partial charge in [-0.1, -0.05) is 30.3 Å². The summed E-state index contributed by atoms with van der Waals surface area (Å²) in [6, 6.07) is 9.04. The van der Waals surface area contributed by atoms with Gasteiger partial charge in [0.25, 0.3) is 0 Å². The maximum Gasteiger partial charge on any atom is 0.232 e. The normalized spacial score (nSPS) is 26.1. The van der Waals surface area contributed by atoms with Crippen molar-refractivity contribution in [1.82, 2.24) is 5.32 Å². The molecular formula is C11H14N2O2. The Bertz CT molecular complexity index is 340. The lowest BCUT2D eigenvalue weighted by molar-refractivity contribution is -0.531. The number of hydrogen-bond donors (Lipinski definition) is 1. The van der Waals surface area contributed by atoms with Crippen LogP contribution in [0, 0.1) is 10.1 Å². The largest absolute Gasteiger partial charge is 0.304 e. The molecule has 1 aliphatic rings. The minimum absolute atomic E-state index is 0.130. The number of nitro groups is 1. The maximum absolute atomic E-state index is 10.9. The number of hydrogen-bond acceptors (Lipinski definition) is 3. The fraction of sp³-hybridized carbons (Fsp3) is 0.455. The zero-order chi connectivity index (χ0) is 10.7. The molecule has 4 nitrogen and oxygen atoms in total. The molecule has 0 spiro atoms. The number of nitrogens with one attached hydrogen (secondary N) is 1. The van der Waals surface area contributed by atoms with E-state index in [1.807, 2.05) is 30.3 Å². The Morgan fingerprint density at radius 3 is 2.73 bits per heavy atom. The molecule has 0 radical (unpaired) electrons. The van der Waals surface area contributed by atoms with Gasteiger partial charge in [0, 0.05) is 11.3 Å². The van der Waals surface area contributed by atoms with Crippen molar-refractivity contribution in [2.24, 2.45) is 0 Å². The van der Waals surface area contributed by atoms with E-state index >= 15 is 0 Å². The first-order chi connectivity index (χ1) is 7.29.